The fourth-order valence-electron chi connectivity index (χ4n) is 0.410. The summed E-state index contributed by atoms with van der Waals surface area (Å²) in [6.45, 7) is 9.90. The maximum Gasteiger partial charge on any atom is 0.0171 e. The summed E-state index contributed by atoms with van der Waals surface area (Å²) >= 11 is 3.35. The number of allylic oxidation sites excluding steroid dienone is 5. The first-order valence-corrected chi connectivity index (χ1v) is 4.01. The lowest BCUT2D eigenvalue weighted by Crippen LogP contribution is -1.73. The third-order valence-corrected chi connectivity index (χ3v) is 1.89. The van der Waals surface area contributed by atoms with Gasteiger partial charge in [0.05, 0.1) is 0 Å². The van der Waals surface area contributed by atoms with Gasteiger partial charge in [0.15, 0.2) is 0 Å². The Morgan fingerprint density at radius 3 is 2.10 bits per heavy atom. The van der Waals surface area contributed by atoms with Crippen molar-refractivity contribution in [1.29, 1.82) is 0 Å². The Kier molecular flexibility index (Phi) is 4.37. The van der Waals surface area contributed by atoms with Crippen molar-refractivity contribution < 1.29 is 0 Å². The highest BCUT2D eigenvalue weighted by molar-refractivity contribution is 9.11. The molecule has 0 N–H and O–H groups in total. The molecule has 0 aromatic heterocycles. The van der Waals surface area contributed by atoms with E-state index in [1.807, 2.05) is 0 Å². The van der Waals surface area contributed by atoms with Crippen LogP contribution in [-0.4, -0.2) is 0 Å². The van der Waals surface area contributed by atoms with Crippen LogP contribution in [0.5, 0.6) is 0 Å². The van der Waals surface area contributed by atoms with E-state index in [9.17, 15) is 0 Å². The molecule has 0 aliphatic heterocycles. The average Bonchev–Trinajstić information content (AvgIpc) is 1.87. The summed E-state index contributed by atoms with van der Waals surface area (Å²) in [5.74, 6) is 0. The van der Waals surface area contributed by atoms with Crippen LogP contribution in [0.3, 0.4) is 0 Å². The lowest BCUT2D eigenvalue weighted by atomic mass is 10.2. The standard InChI is InChI=1S/C9H13Br/c1-5-9(10)6-8(4)7(2)3/h5-6H,1H2,2-4H3/b9-6+. The summed E-state index contributed by atoms with van der Waals surface area (Å²) < 4.78 is 1.03. The van der Waals surface area contributed by atoms with E-state index in [1.165, 1.54) is 11.1 Å². The number of halogens is 1. The largest absolute Gasteiger partial charge is 0.0979 e. The summed E-state index contributed by atoms with van der Waals surface area (Å²) in [6.07, 6.45) is 3.84. The number of rotatable bonds is 2. The van der Waals surface area contributed by atoms with Crippen molar-refractivity contribution in [3.63, 3.8) is 0 Å². The van der Waals surface area contributed by atoms with Gasteiger partial charge in [-0.25, -0.2) is 0 Å². The number of hydrogen-bond donors (Lipinski definition) is 0. The van der Waals surface area contributed by atoms with Crippen molar-refractivity contribution in [2.75, 3.05) is 0 Å². The van der Waals surface area contributed by atoms with Crippen LogP contribution < -0.4 is 0 Å². The Balaban J connectivity index is 4.42. The molecule has 0 amide bonds. The van der Waals surface area contributed by atoms with Crippen molar-refractivity contribution in [3.05, 3.63) is 34.4 Å². The summed E-state index contributed by atoms with van der Waals surface area (Å²) in [5.41, 5.74) is 2.62. The summed E-state index contributed by atoms with van der Waals surface area (Å²) in [7, 11) is 0. The molecule has 0 saturated heterocycles. The van der Waals surface area contributed by atoms with Gasteiger partial charge in [0.2, 0.25) is 0 Å². The Bertz CT molecular complexity index is 181. The van der Waals surface area contributed by atoms with Gasteiger partial charge in [0, 0.05) is 4.48 Å². The van der Waals surface area contributed by atoms with Crippen LogP contribution in [0.2, 0.25) is 0 Å². The van der Waals surface area contributed by atoms with Crippen LogP contribution in [0.25, 0.3) is 0 Å². The molecular formula is C9H13Br. The summed E-state index contributed by atoms with van der Waals surface area (Å²) in [4.78, 5) is 0. The quantitative estimate of drug-likeness (QED) is 0.596. The predicted molar refractivity (Wildman–Crippen MR) is 51.3 cm³/mol. The van der Waals surface area contributed by atoms with Gasteiger partial charge in [-0.3, -0.25) is 0 Å². The molecule has 0 radical (unpaired) electrons. The molecule has 0 aliphatic carbocycles. The van der Waals surface area contributed by atoms with Crippen LogP contribution in [0, 0.1) is 0 Å². The first kappa shape index (κ1) is 9.70. The van der Waals surface area contributed by atoms with E-state index in [-0.39, 0.29) is 0 Å². The highest BCUT2D eigenvalue weighted by Crippen LogP contribution is 2.12. The molecule has 10 heavy (non-hydrogen) atoms. The van der Waals surface area contributed by atoms with E-state index in [4.69, 9.17) is 0 Å². The zero-order valence-electron chi connectivity index (χ0n) is 6.74. The zero-order valence-corrected chi connectivity index (χ0v) is 8.33. The van der Waals surface area contributed by atoms with Crippen molar-refractivity contribution in [2.45, 2.75) is 20.8 Å². The smallest absolute Gasteiger partial charge is 0.0171 e. The van der Waals surface area contributed by atoms with E-state index in [1.54, 1.807) is 6.08 Å². The van der Waals surface area contributed by atoms with Crippen molar-refractivity contribution in [1.82, 2.24) is 0 Å². The third kappa shape index (κ3) is 3.67. The second kappa shape index (κ2) is 4.51. The first-order chi connectivity index (χ1) is 4.57. The fraction of sp³-hybridized carbons (Fsp3) is 0.333. The topological polar surface area (TPSA) is 0 Å². The van der Waals surface area contributed by atoms with Crippen LogP contribution in [0.4, 0.5) is 0 Å². The SMILES string of the molecule is C=C/C(Br)=C\C(C)=C(C)C. The molecule has 0 nitrogen and oxygen atoms in total. The van der Waals surface area contributed by atoms with E-state index < -0.39 is 0 Å². The van der Waals surface area contributed by atoms with Gasteiger partial charge < -0.3 is 0 Å². The third-order valence-electron chi connectivity index (χ3n) is 1.34. The van der Waals surface area contributed by atoms with Crippen LogP contribution >= 0.6 is 15.9 Å². The second-order valence-corrected chi connectivity index (χ2v) is 3.33. The molecule has 0 aliphatic rings. The molecule has 0 unspecified atom stereocenters. The molecule has 56 valence electrons. The predicted octanol–water partition coefficient (Wildman–Crippen LogP) is 3.81. The molecule has 0 spiro atoms. The van der Waals surface area contributed by atoms with E-state index in [2.05, 4.69) is 49.4 Å². The molecule has 0 bridgehead atoms. The van der Waals surface area contributed by atoms with Gasteiger partial charge in [-0.15, -0.1) is 0 Å². The Hall–Kier alpha value is -0.300. The van der Waals surface area contributed by atoms with Crippen molar-refractivity contribution >= 4 is 15.9 Å². The highest BCUT2D eigenvalue weighted by atomic mass is 79.9. The van der Waals surface area contributed by atoms with Gasteiger partial charge >= 0.3 is 0 Å². The molecule has 1 heteroatoms. The molecule has 0 atom stereocenters. The fourth-order valence-corrected chi connectivity index (χ4v) is 0.753. The molecule has 0 rings (SSSR count). The highest BCUT2D eigenvalue weighted by Gasteiger charge is 1.87. The van der Waals surface area contributed by atoms with Crippen molar-refractivity contribution in [2.24, 2.45) is 0 Å². The minimum Gasteiger partial charge on any atom is -0.0979 e. The van der Waals surface area contributed by atoms with Crippen LogP contribution in [-0.2, 0) is 0 Å². The van der Waals surface area contributed by atoms with Crippen LogP contribution in [0.1, 0.15) is 20.8 Å². The van der Waals surface area contributed by atoms with Gasteiger partial charge in [0.25, 0.3) is 0 Å². The maximum atomic E-state index is 3.64. The molecular weight excluding hydrogens is 188 g/mol. The Morgan fingerprint density at radius 2 is 1.80 bits per heavy atom. The Labute approximate surface area is 71.5 Å². The first-order valence-electron chi connectivity index (χ1n) is 3.21. The normalized spacial score (nSPS) is 11.0. The monoisotopic (exact) mass is 200 g/mol. The molecule has 0 heterocycles. The van der Waals surface area contributed by atoms with E-state index in [0.717, 1.165) is 4.48 Å². The summed E-state index contributed by atoms with van der Waals surface area (Å²) in [6, 6.07) is 0. The molecule has 0 saturated carbocycles. The van der Waals surface area contributed by atoms with Gasteiger partial charge in [0.1, 0.15) is 0 Å². The lowest BCUT2D eigenvalue weighted by molar-refractivity contribution is 1.29. The van der Waals surface area contributed by atoms with Gasteiger partial charge in [-0.1, -0.05) is 39.7 Å². The molecule has 0 aromatic carbocycles. The minimum atomic E-state index is 1.03. The summed E-state index contributed by atoms with van der Waals surface area (Å²) in [5, 5.41) is 0. The number of hydrogen-bond acceptors (Lipinski definition) is 0. The zero-order chi connectivity index (χ0) is 8.15. The van der Waals surface area contributed by atoms with Crippen LogP contribution in [0.15, 0.2) is 34.4 Å². The van der Waals surface area contributed by atoms with E-state index in [0.29, 0.717) is 0 Å². The molecule has 0 aromatic rings. The Morgan fingerprint density at radius 1 is 1.30 bits per heavy atom. The van der Waals surface area contributed by atoms with Crippen molar-refractivity contribution in [3.8, 4) is 0 Å². The lowest BCUT2D eigenvalue weighted by Gasteiger charge is -1.95. The minimum absolute atomic E-state index is 1.03. The maximum absolute atomic E-state index is 3.64. The van der Waals surface area contributed by atoms with Gasteiger partial charge in [-0.2, -0.15) is 0 Å². The molecule has 0 fully saturated rings. The average molecular weight is 201 g/mol. The van der Waals surface area contributed by atoms with E-state index >= 15 is 0 Å². The second-order valence-electron chi connectivity index (χ2n) is 2.42. The van der Waals surface area contributed by atoms with Gasteiger partial charge in [-0.05, 0) is 26.8 Å².